The quantitative estimate of drug-likeness (QED) is 0.625. The minimum Gasteiger partial charge on any atom is -0.508 e. The number of nitrogens with one attached hydrogen (secondary N) is 1. The van der Waals surface area contributed by atoms with Gasteiger partial charge in [0.05, 0.1) is 7.11 Å². The van der Waals surface area contributed by atoms with Gasteiger partial charge in [-0.1, -0.05) is 13.0 Å². The van der Waals surface area contributed by atoms with Gasteiger partial charge in [-0.2, -0.15) is 0 Å². The smallest absolute Gasteiger partial charge is 0.187 e. The highest BCUT2D eigenvalue weighted by Gasteiger charge is 2.05. The molecule has 0 saturated carbocycles. The molecule has 0 aliphatic carbocycles. The van der Waals surface area contributed by atoms with Crippen LogP contribution in [0.2, 0.25) is 0 Å². The zero-order chi connectivity index (χ0) is 15.9. The van der Waals surface area contributed by atoms with E-state index in [2.05, 4.69) is 5.32 Å². The number of phenolic OH excluding ortho intramolecular Hbond substituents is 1. The van der Waals surface area contributed by atoms with Crippen LogP contribution in [0.4, 0.5) is 5.69 Å². The van der Waals surface area contributed by atoms with Gasteiger partial charge in [0.25, 0.3) is 0 Å². The number of carbonyl (C=O) groups excluding carboxylic acids is 1. The van der Waals surface area contributed by atoms with Gasteiger partial charge < -0.3 is 15.2 Å². The minimum absolute atomic E-state index is 0.0767. The summed E-state index contributed by atoms with van der Waals surface area (Å²) in [5.41, 5.74) is 2.13. The third-order valence-electron chi connectivity index (χ3n) is 3.21. The molecule has 0 bridgehead atoms. The zero-order valence-corrected chi connectivity index (χ0v) is 12.7. The Morgan fingerprint density at radius 3 is 2.55 bits per heavy atom. The van der Waals surface area contributed by atoms with Gasteiger partial charge >= 0.3 is 0 Å². The van der Waals surface area contributed by atoms with E-state index in [4.69, 9.17) is 4.74 Å². The number of methoxy groups -OCH3 is 1. The highest BCUT2D eigenvalue weighted by Crippen LogP contribution is 2.19. The molecule has 2 N–H and O–H groups in total. The Morgan fingerprint density at radius 2 is 1.95 bits per heavy atom. The number of ketones is 1. The molecule has 0 aliphatic heterocycles. The first-order valence-electron chi connectivity index (χ1n) is 7.07. The topological polar surface area (TPSA) is 58.6 Å². The lowest BCUT2D eigenvalue weighted by Crippen LogP contribution is -2.03. The Balaban J connectivity index is 2.14. The normalized spacial score (nSPS) is 11.1. The van der Waals surface area contributed by atoms with Crippen molar-refractivity contribution >= 4 is 11.5 Å². The second kappa shape index (κ2) is 7.31. The first kappa shape index (κ1) is 15.6. The number of phenols is 1. The molecule has 0 fully saturated rings. The van der Waals surface area contributed by atoms with Gasteiger partial charge in [-0.05, 0) is 42.8 Å². The maximum absolute atomic E-state index is 12.3. The monoisotopic (exact) mass is 297 g/mol. The number of hydrogen-bond acceptors (Lipinski definition) is 4. The third-order valence-corrected chi connectivity index (χ3v) is 3.21. The van der Waals surface area contributed by atoms with E-state index in [-0.39, 0.29) is 11.5 Å². The highest BCUT2D eigenvalue weighted by atomic mass is 16.5. The van der Waals surface area contributed by atoms with Crippen molar-refractivity contribution < 1.29 is 14.6 Å². The van der Waals surface area contributed by atoms with Crippen molar-refractivity contribution in [2.75, 3.05) is 12.4 Å². The molecule has 0 aromatic heterocycles. The van der Waals surface area contributed by atoms with E-state index in [1.807, 2.05) is 13.0 Å². The summed E-state index contributed by atoms with van der Waals surface area (Å²) in [6, 6.07) is 13.8. The Hall–Kier alpha value is -2.75. The van der Waals surface area contributed by atoms with Crippen molar-refractivity contribution in [2.24, 2.45) is 0 Å². The Morgan fingerprint density at radius 1 is 1.23 bits per heavy atom. The fourth-order valence-electron chi connectivity index (χ4n) is 1.99. The number of carbonyl (C=O) groups is 1. The summed E-state index contributed by atoms with van der Waals surface area (Å²) < 4.78 is 5.08. The number of hydrogen-bond donors (Lipinski definition) is 2. The molecule has 0 unspecified atom stereocenters. The largest absolute Gasteiger partial charge is 0.508 e. The Kier molecular flexibility index (Phi) is 5.20. The van der Waals surface area contributed by atoms with Gasteiger partial charge in [0, 0.05) is 29.1 Å². The molecule has 4 heteroatoms. The van der Waals surface area contributed by atoms with E-state index in [1.165, 1.54) is 0 Å². The summed E-state index contributed by atoms with van der Waals surface area (Å²) in [6.07, 6.45) is 2.25. The van der Waals surface area contributed by atoms with Crippen LogP contribution in [-0.2, 0) is 0 Å². The maximum Gasteiger partial charge on any atom is 0.187 e. The molecule has 2 rings (SSSR count). The van der Waals surface area contributed by atoms with Crippen LogP contribution in [0.1, 0.15) is 23.7 Å². The Bertz CT molecular complexity index is 675. The van der Waals surface area contributed by atoms with Crippen LogP contribution < -0.4 is 10.1 Å². The number of ether oxygens (including phenoxy) is 1. The lowest BCUT2D eigenvalue weighted by molar-refractivity contribution is 0.104. The van der Waals surface area contributed by atoms with E-state index in [1.54, 1.807) is 55.7 Å². The van der Waals surface area contributed by atoms with Gasteiger partial charge in [-0.3, -0.25) is 4.79 Å². The van der Waals surface area contributed by atoms with Crippen LogP contribution in [0.15, 0.2) is 60.3 Å². The molecule has 0 aliphatic rings. The average molecular weight is 297 g/mol. The first-order valence-corrected chi connectivity index (χ1v) is 7.07. The molecular formula is C18H19NO3. The van der Waals surface area contributed by atoms with Crippen LogP contribution in [0, 0.1) is 0 Å². The number of aromatic hydroxyl groups is 1. The second-order valence-corrected chi connectivity index (χ2v) is 4.79. The summed E-state index contributed by atoms with van der Waals surface area (Å²) in [5, 5.41) is 12.6. The van der Waals surface area contributed by atoms with E-state index < -0.39 is 0 Å². The number of allylic oxidation sites excluding steroid dienone is 2. The molecule has 0 atom stereocenters. The molecule has 114 valence electrons. The van der Waals surface area contributed by atoms with Gasteiger partial charge in [0.2, 0.25) is 0 Å². The minimum atomic E-state index is -0.0767. The van der Waals surface area contributed by atoms with Crippen molar-refractivity contribution in [3.63, 3.8) is 0 Å². The van der Waals surface area contributed by atoms with Crippen molar-refractivity contribution in [2.45, 2.75) is 13.3 Å². The fraction of sp³-hybridized carbons (Fsp3) is 0.167. The second-order valence-electron chi connectivity index (χ2n) is 4.79. The van der Waals surface area contributed by atoms with Gasteiger partial charge in [-0.25, -0.2) is 0 Å². The third kappa shape index (κ3) is 4.12. The summed E-state index contributed by atoms with van der Waals surface area (Å²) in [4.78, 5) is 12.3. The van der Waals surface area contributed by atoms with Crippen molar-refractivity contribution in [1.29, 1.82) is 0 Å². The summed E-state index contributed by atoms with van der Waals surface area (Å²) >= 11 is 0. The predicted molar refractivity (Wildman–Crippen MR) is 87.4 cm³/mol. The molecule has 0 heterocycles. The number of anilines is 1. The van der Waals surface area contributed by atoms with Crippen molar-refractivity contribution in [1.82, 2.24) is 0 Å². The van der Waals surface area contributed by atoms with E-state index in [9.17, 15) is 9.90 Å². The fourth-order valence-corrected chi connectivity index (χ4v) is 1.99. The van der Waals surface area contributed by atoms with Gasteiger partial charge in [0.15, 0.2) is 5.78 Å². The van der Waals surface area contributed by atoms with Gasteiger partial charge in [0.1, 0.15) is 11.5 Å². The van der Waals surface area contributed by atoms with Crippen LogP contribution in [0.3, 0.4) is 0 Å². The lowest BCUT2D eigenvalue weighted by atomic mass is 10.1. The lowest BCUT2D eigenvalue weighted by Gasteiger charge is -2.09. The molecule has 2 aromatic carbocycles. The first-order chi connectivity index (χ1) is 10.6. The molecular weight excluding hydrogens is 278 g/mol. The highest BCUT2D eigenvalue weighted by molar-refractivity contribution is 6.05. The van der Waals surface area contributed by atoms with Gasteiger partial charge in [-0.15, -0.1) is 0 Å². The standard InChI is InChI=1S/C18H19NO3/c1-3-14(19-15-5-4-6-16(20)11-15)12-18(21)13-7-9-17(22-2)10-8-13/h4-12,19-20H,3H2,1-2H3/b14-12+. The molecule has 0 radical (unpaired) electrons. The zero-order valence-electron chi connectivity index (χ0n) is 12.7. The van der Waals surface area contributed by atoms with Crippen molar-refractivity contribution in [3.05, 3.63) is 65.9 Å². The predicted octanol–water partition coefficient (Wildman–Crippen LogP) is 3.99. The van der Waals surface area contributed by atoms with Crippen molar-refractivity contribution in [3.8, 4) is 11.5 Å². The van der Waals surface area contributed by atoms with Crippen LogP contribution in [0.25, 0.3) is 0 Å². The summed E-state index contributed by atoms with van der Waals surface area (Å²) in [6.45, 7) is 1.96. The van der Waals surface area contributed by atoms with Crippen LogP contribution in [0.5, 0.6) is 11.5 Å². The molecule has 22 heavy (non-hydrogen) atoms. The molecule has 4 nitrogen and oxygen atoms in total. The van der Waals surface area contributed by atoms with Crippen LogP contribution >= 0.6 is 0 Å². The van der Waals surface area contributed by atoms with E-state index in [0.717, 1.165) is 11.4 Å². The van der Waals surface area contributed by atoms with E-state index >= 15 is 0 Å². The molecule has 2 aromatic rings. The van der Waals surface area contributed by atoms with Crippen LogP contribution in [-0.4, -0.2) is 18.0 Å². The van der Waals surface area contributed by atoms with E-state index in [0.29, 0.717) is 17.7 Å². The summed E-state index contributed by atoms with van der Waals surface area (Å²) in [5.74, 6) is 0.822. The molecule has 0 spiro atoms. The maximum atomic E-state index is 12.3. The number of rotatable bonds is 6. The molecule has 0 amide bonds. The summed E-state index contributed by atoms with van der Waals surface area (Å²) in [7, 11) is 1.59. The SMILES string of the molecule is CC/C(=C\C(=O)c1ccc(OC)cc1)Nc1cccc(O)c1. The molecule has 0 saturated heterocycles. The Labute approximate surface area is 130 Å². The number of benzene rings is 2. The average Bonchev–Trinajstić information content (AvgIpc) is 2.54.